The first-order valence-corrected chi connectivity index (χ1v) is 8.26. The van der Waals surface area contributed by atoms with Crippen LogP contribution in [0.5, 0.6) is 0 Å². The van der Waals surface area contributed by atoms with Gasteiger partial charge in [-0.05, 0) is 37.5 Å². The van der Waals surface area contributed by atoms with E-state index < -0.39 is 0 Å². The second-order valence-corrected chi connectivity index (χ2v) is 6.73. The van der Waals surface area contributed by atoms with Crippen LogP contribution in [0.1, 0.15) is 42.0 Å². The lowest BCUT2D eigenvalue weighted by atomic mass is 9.76. The number of aromatic nitrogens is 1. The van der Waals surface area contributed by atoms with Crippen LogP contribution in [0.15, 0.2) is 34.0 Å². The Bertz CT molecular complexity index is 854. The number of nitrogens with zero attached hydrogens (tertiary/aromatic N) is 1. The number of allylic oxidation sites excluding steroid dienone is 2. The van der Waals surface area contributed by atoms with Crippen LogP contribution in [-0.4, -0.2) is 10.9 Å². The molecule has 0 radical (unpaired) electrons. The number of hydrogen-bond acceptors (Lipinski definition) is 4. The summed E-state index contributed by atoms with van der Waals surface area (Å²) < 4.78 is 5.41. The minimum atomic E-state index is -0.213. The van der Waals surface area contributed by atoms with Gasteiger partial charge in [-0.3, -0.25) is 4.79 Å². The zero-order valence-electron chi connectivity index (χ0n) is 12.5. The van der Waals surface area contributed by atoms with Gasteiger partial charge >= 0.3 is 0 Å². The van der Waals surface area contributed by atoms with Gasteiger partial charge in [0.1, 0.15) is 0 Å². The SMILES string of the molecule is Cc1noc2c1C(c1ccc(Cl)c(Cl)c1)C1=C(CCCC1=O)N2. The van der Waals surface area contributed by atoms with Crippen molar-refractivity contribution in [2.75, 3.05) is 5.32 Å². The van der Waals surface area contributed by atoms with E-state index in [0.717, 1.165) is 40.9 Å². The van der Waals surface area contributed by atoms with Crippen molar-refractivity contribution in [1.29, 1.82) is 0 Å². The summed E-state index contributed by atoms with van der Waals surface area (Å²) in [5.74, 6) is 0.572. The third kappa shape index (κ3) is 2.28. The minimum absolute atomic E-state index is 0.168. The molecule has 0 spiro atoms. The second-order valence-electron chi connectivity index (χ2n) is 5.91. The molecule has 6 heteroatoms. The number of hydrogen-bond donors (Lipinski definition) is 1. The van der Waals surface area contributed by atoms with Gasteiger partial charge in [-0.2, -0.15) is 0 Å². The van der Waals surface area contributed by atoms with Crippen molar-refractivity contribution < 1.29 is 9.32 Å². The average Bonchev–Trinajstić information content (AvgIpc) is 2.90. The Morgan fingerprint density at radius 2 is 2.09 bits per heavy atom. The first-order chi connectivity index (χ1) is 11.1. The fraction of sp³-hybridized carbons (Fsp3) is 0.294. The number of halogens is 2. The molecule has 0 saturated heterocycles. The maximum absolute atomic E-state index is 12.6. The summed E-state index contributed by atoms with van der Waals surface area (Å²) in [6.45, 7) is 1.88. The van der Waals surface area contributed by atoms with Crippen molar-refractivity contribution >= 4 is 34.9 Å². The van der Waals surface area contributed by atoms with Crippen LogP contribution in [0.4, 0.5) is 5.88 Å². The van der Waals surface area contributed by atoms with Crippen molar-refractivity contribution in [3.63, 3.8) is 0 Å². The van der Waals surface area contributed by atoms with E-state index in [4.69, 9.17) is 27.7 Å². The lowest BCUT2D eigenvalue weighted by molar-refractivity contribution is -0.116. The molecule has 118 valence electrons. The van der Waals surface area contributed by atoms with Gasteiger partial charge in [0.25, 0.3) is 0 Å². The van der Waals surface area contributed by atoms with E-state index in [1.165, 1.54) is 0 Å². The summed E-state index contributed by atoms with van der Waals surface area (Å²) in [6.07, 6.45) is 2.25. The van der Waals surface area contributed by atoms with Gasteiger partial charge in [-0.1, -0.05) is 34.4 Å². The normalized spacial score (nSPS) is 20.1. The van der Waals surface area contributed by atoms with Crippen molar-refractivity contribution in [1.82, 2.24) is 5.16 Å². The summed E-state index contributed by atoms with van der Waals surface area (Å²) in [4.78, 5) is 12.6. The molecule has 1 atom stereocenters. The minimum Gasteiger partial charge on any atom is -0.338 e. The van der Waals surface area contributed by atoms with Crippen LogP contribution < -0.4 is 5.32 Å². The molecule has 1 aromatic carbocycles. The molecular weight excluding hydrogens is 335 g/mol. The van der Waals surface area contributed by atoms with E-state index in [1.807, 2.05) is 19.1 Å². The lowest BCUT2D eigenvalue weighted by Crippen LogP contribution is -2.26. The monoisotopic (exact) mass is 348 g/mol. The molecule has 23 heavy (non-hydrogen) atoms. The van der Waals surface area contributed by atoms with Crippen molar-refractivity contribution in [2.45, 2.75) is 32.1 Å². The third-order valence-electron chi connectivity index (χ3n) is 4.48. The Morgan fingerprint density at radius 1 is 1.26 bits per heavy atom. The number of anilines is 1. The van der Waals surface area contributed by atoms with E-state index in [2.05, 4.69) is 10.5 Å². The molecule has 1 aliphatic heterocycles. The van der Waals surface area contributed by atoms with Gasteiger partial charge in [0.15, 0.2) is 5.78 Å². The van der Waals surface area contributed by atoms with Gasteiger partial charge in [-0.25, -0.2) is 0 Å². The zero-order chi connectivity index (χ0) is 16.1. The molecule has 0 fully saturated rings. The lowest BCUT2D eigenvalue weighted by Gasteiger charge is -2.31. The van der Waals surface area contributed by atoms with Crippen LogP contribution >= 0.6 is 23.2 Å². The van der Waals surface area contributed by atoms with Crippen molar-refractivity contribution in [3.05, 3.63) is 56.3 Å². The molecule has 2 aromatic rings. The average molecular weight is 349 g/mol. The smallest absolute Gasteiger partial charge is 0.233 e. The largest absolute Gasteiger partial charge is 0.338 e. The molecule has 0 saturated carbocycles. The van der Waals surface area contributed by atoms with Crippen LogP contribution in [-0.2, 0) is 4.79 Å². The topological polar surface area (TPSA) is 55.1 Å². The summed E-state index contributed by atoms with van der Waals surface area (Å²) >= 11 is 12.2. The number of ketones is 1. The van der Waals surface area contributed by atoms with Crippen LogP contribution in [0.2, 0.25) is 10.0 Å². The molecule has 1 aromatic heterocycles. The fourth-order valence-electron chi connectivity index (χ4n) is 3.44. The van der Waals surface area contributed by atoms with Gasteiger partial charge in [-0.15, -0.1) is 0 Å². The van der Waals surface area contributed by atoms with Gasteiger partial charge in [0.05, 0.1) is 21.3 Å². The maximum atomic E-state index is 12.6. The standard InChI is InChI=1S/C17H14Cl2N2O2/c1-8-14-15(9-5-6-10(18)11(19)7-9)16-12(3-2-4-13(16)22)20-17(14)23-21-8/h5-7,15,20H,2-4H2,1H3. The fourth-order valence-corrected chi connectivity index (χ4v) is 3.75. The number of carbonyl (C=O) groups is 1. The zero-order valence-corrected chi connectivity index (χ0v) is 14.0. The van der Waals surface area contributed by atoms with Crippen LogP contribution in [0, 0.1) is 6.92 Å². The summed E-state index contributed by atoms with van der Waals surface area (Å²) in [6, 6.07) is 5.49. The number of fused-ring (bicyclic) bond motifs is 1. The molecule has 1 N–H and O–H groups in total. The van der Waals surface area contributed by atoms with Crippen molar-refractivity contribution in [3.8, 4) is 0 Å². The predicted octanol–water partition coefficient (Wildman–Crippen LogP) is 4.85. The summed E-state index contributed by atoms with van der Waals surface area (Å²) in [5.41, 5.74) is 4.33. The maximum Gasteiger partial charge on any atom is 0.233 e. The highest BCUT2D eigenvalue weighted by Crippen LogP contribution is 2.47. The van der Waals surface area contributed by atoms with Gasteiger partial charge in [0.2, 0.25) is 5.88 Å². The number of benzene rings is 1. The first-order valence-electron chi connectivity index (χ1n) is 7.50. The third-order valence-corrected chi connectivity index (χ3v) is 5.22. The predicted molar refractivity (Wildman–Crippen MR) is 89.1 cm³/mol. The van der Waals surface area contributed by atoms with Crippen LogP contribution in [0.3, 0.4) is 0 Å². The molecule has 0 amide bonds. The molecular formula is C17H14Cl2N2O2. The number of aryl methyl sites for hydroxylation is 1. The summed E-state index contributed by atoms with van der Waals surface area (Å²) in [7, 11) is 0. The van der Waals surface area contributed by atoms with E-state index in [1.54, 1.807) is 6.07 Å². The number of nitrogens with one attached hydrogen (secondary N) is 1. The van der Waals surface area contributed by atoms with E-state index in [9.17, 15) is 4.79 Å². The molecule has 4 nitrogen and oxygen atoms in total. The molecule has 2 aliphatic rings. The van der Waals surface area contributed by atoms with Crippen LogP contribution in [0.25, 0.3) is 0 Å². The molecule has 1 unspecified atom stereocenters. The van der Waals surface area contributed by atoms with E-state index in [0.29, 0.717) is 22.4 Å². The Kier molecular flexibility index (Phi) is 3.47. The van der Waals surface area contributed by atoms with E-state index in [-0.39, 0.29) is 11.7 Å². The Morgan fingerprint density at radius 3 is 2.87 bits per heavy atom. The Labute approximate surface area is 143 Å². The second kappa shape index (κ2) is 5.39. The molecule has 4 rings (SSSR count). The Hall–Kier alpha value is -1.78. The number of rotatable bonds is 1. The van der Waals surface area contributed by atoms with Crippen molar-refractivity contribution in [2.24, 2.45) is 0 Å². The number of Topliss-reactive ketones (excluding diaryl/α,β-unsaturated/α-hetero) is 1. The van der Waals surface area contributed by atoms with E-state index >= 15 is 0 Å². The molecule has 2 heterocycles. The highest BCUT2D eigenvalue weighted by atomic mass is 35.5. The first kappa shape index (κ1) is 14.8. The molecule has 1 aliphatic carbocycles. The molecule has 0 bridgehead atoms. The van der Waals surface area contributed by atoms with Gasteiger partial charge < -0.3 is 9.84 Å². The highest BCUT2D eigenvalue weighted by Gasteiger charge is 2.38. The quantitative estimate of drug-likeness (QED) is 0.799. The highest BCUT2D eigenvalue weighted by molar-refractivity contribution is 6.42. The Balaban J connectivity index is 1.95. The number of carbonyl (C=O) groups excluding carboxylic acids is 1. The summed E-state index contributed by atoms with van der Waals surface area (Å²) in [5, 5.41) is 8.28. The van der Waals surface area contributed by atoms with Gasteiger partial charge in [0, 0.05) is 23.6 Å².